The lowest BCUT2D eigenvalue weighted by molar-refractivity contribution is 0.0425. The fourth-order valence-electron chi connectivity index (χ4n) is 6.58. The zero-order valence-electron chi connectivity index (χ0n) is 36.7. The summed E-state index contributed by atoms with van der Waals surface area (Å²) in [7, 11) is 0. The number of rotatable bonds is 5. The lowest BCUT2D eigenvalue weighted by Crippen LogP contribution is -2.19. The Balaban J connectivity index is 1.35. The van der Waals surface area contributed by atoms with Crippen molar-refractivity contribution in [3.63, 3.8) is 0 Å². The summed E-state index contributed by atoms with van der Waals surface area (Å²) in [5, 5.41) is 0.790. The average Bonchev–Trinajstić information content (AvgIpc) is 3.75. The van der Waals surface area contributed by atoms with Crippen LogP contribution in [-0.4, -0.2) is 20.5 Å². The molecule has 258 valence electrons. The molecule has 0 bridgehead atoms. The standard InChI is InChI=1S/C45H41F2N5/c1-29-16-18-34(19-17-29)50-28-51(39-15-11-10-14-38(39)50)35-23-31(44(5,6)7)22-32(24-35)45(46,47)33-25-40-42(49-27-33)36-12-8-9-13-37(36)52(40)41-26-30(20-21-48-41)43(2,3)4/h8-27H,1-7H3/q+2/i1D3,10D,11D,14D,15D. The van der Waals surface area contributed by atoms with E-state index < -0.39 is 36.3 Å². The zero-order valence-corrected chi connectivity index (χ0v) is 29.7. The normalized spacial score (nSPS) is 15.6. The summed E-state index contributed by atoms with van der Waals surface area (Å²) in [6.07, 6.45) is 2.92. The summed E-state index contributed by atoms with van der Waals surface area (Å²) in [5.41, 5.74) is 2.49. The summed E-state index contributed by atoms with van der Waals surface area (Å²) < 4.78 is 97.7. The molecule has 7 aromatic rings. The van der Waals surface area contributed by atoms with Gasteiger partial charge >= 0.3 is 6.01 Å². The van der Waals surface area contributed by atoms with Crippen molar-refractivity contribution in [2.45, 2.75) is 65.1 Å². The number of aromatic nitrogens is 3. The van der Waals surface area contributed by atoms with Crippen LogP contribution in [0.25, 0.3) is 27.8 Å². The van der Waals surface area contributed by atoms with Gasteiger partial charge in [-0.3, -0.25) is 9.55 Å². The van der Waals surface area contributed by atoms with Crippen molar-refractivity contribution in [1.29, 1.82) is 0 Å². The van der Waals surface area contributed by atoms with Crippen LogP contribution in [0.2, 0.25) is 0 Å². The zero-order chi connectivity index (χ0) is 42.6. The van der Waals surface area contributed by atoms with Gasteiger partial charge in [0.05, 0.1) is 22.0 Å². The SMILES string of the molecule is [2H]c1c([2H])c([2H])c2c(c1[2H])[N+](c1ccc(C([2H])([2H])[2H])cc1)=C=[N+]2c1cc(C(C)(C)C)cc(C(F)(F)c2cnc3c4ccccc4n(-c4cc(C(C)(C)C)ccn4)c3c2)c1. The van der Waals surface area contributed by atoms with E-state index in [1.54, 1.807) is 12.3 Å². The van der Waals surface area contributed by atoms with Crippen LogP contribution in [0.5, 0.6) is 0 Å². The van der Waals surface area contributed by atoms with Crippen LogP contribution in [0.15, 0.2) is 121 Å². The van der Waals surface area contributed by atoms with E-state index >= 15 is 8.78 Å². The number of fused-ring (bicyclic) bond motifs is 4. The Morgan fingerprint density at radius 3 is 2.06 bits per heavy atom. The molecule has 1 aliphatic heterocycles. The number of aryl methyl sites for hydroxylation is 1. The van der Waals surface area contributed by atoms with Gasteiger partial charge in [-0.25, -0.2) is 4.98 Å². The molecule has 52 heavy (non-hydrogen) atoms. The number of hydrogen-bond acceptors (Lipinski definition) is 2. The van der Waals surface area contributed by atoms with Crippen LogP contribution in [0.4, 0.5) is 31.5 Å². The van der Waals surface area contributed by atoms with Gasteiger partial charge in [0, 0.05) is 69.4 Å². The van der Waals surface area contributed by atoms with E-state index in [4.69, 9.17) is 9.60 Å². The van der Waals surface area contributed by atoms with Crippen LogP contribution in [0, 0.1) is 6.85 Å². The molecular weight excluding hydrogens is 649 g/mol. The van der Waals surface area contributed by atoms with Crippen LogP contribution in [0.3, 0.4) is 0 Å². The van der Waals surface area contributed by atoms with Gasteiger partial charge in [-0.15, -0.1) is 0 Å². The van der Waals surface area contributed by atoms with Crippen LogP contribution < -0.4 is 9.15 Å². The number of nitrogens with zero attached hydrogens (tertiary/aromatic N) is 5. The number of halogens is 2. The van der Waals surface area contributed by atoms with Gasteiger partial charge in [-0.2, -0.15) is 8.78 Å². The third-order valence-electron chi connectivity index (χ3n) is 9.54. The summed E-state index contributed by atoms with van der Waals surface area (Å²) in [6.45, 7) is 9.62. The maximum absolute atomic E-state index is 17.4. The molecule has 3 aromatic heterocycles. The van der Waals surface area contributed by atoms with Crippen molar-refractivity contribution >= 4 is 50.7 Å². The molecule has 0 amide bonds. The summed E-state index contributed by atoms with van der Waals surface area (Å²) in [6, 6.07) is 24.7. The lowest BCUT2D eigenvalue weighted by Gasteiger charge is -2.23. The summed E-state index contributed by atoms with van der Waals surface area (Å²) in [5.74, 6) is -3.04. The maximum atomic E-state index is 17.4. The van der Waals surface area contributed by atoms with Gasteiger partial charge in [0.2, 0.25) is 11.4 Å². The topological polar surface area (TPSA) is 36.7 Å². The average molecular weight is 697 g/mol. The van der Waals surface area contributed by atoms with E-state index in [1.807, 2.05) is 61.7 Å². The van der Waals surface area contributed by atoms with Crippen molar-refractivity contribution in [1.82, 2.24) is 23.7 Å². The second-order valence-electron chi connectivity index (χ2n) is 15.2. The molecule has 0 atom stereocenters. The van der Waals surface area contributed by atoms with Crippen LogP contribution in [-0.2, 0) is 16.8 Å². The van der Waals surface area contributed by atoms with E-state index in [0.717, 1.165) is 16.5 Å². The first-order valence-electron chi connectivity index (χ1n) is 20.6. The van der Waals surface area contributed by atoms with E-state index in [0.29, 0.717) is 28.1 Å². The first kappa shape index (κ1) is 26.1. The molecule has 4 heterocycles. The van der Waals surface area contributed by atoms with Crippen molar-refractivity contribution in [3.8, 4) is 5.82 Å². The number of hydrogen-bond donors (Lipinski definition) is 0. The Labute approximate surface area is 312 Å². The third kappa shape index (κ3) is 5.62. The molecule has 0 radical (unpaired) electrons. The molecule has 7 heteroatoms. The van der Waals surface area contributed by atoms with E-state index in [1.165, 1.54) is 57.8 Å². The predicted molar refractivity (Wildman–Crippen MR) is 209 cm³/mol. The van der Waals surface area contributed by atoms with Crippen molar-refractivity contribution in [2.24, 2.45) is 0 Å². The molecule has 5 nitrogen and oxygen atoms in total. The molecule has 0 saturated heterocycles. The van der Waals surface area contributed by atoms with Crippen molar-refractivity contribution in [2.75, 3.05) is 0 Å². The van der Waals surface area contributed by atoms with Crippen LogP contribution >= 0.6 is 0 Å². The molecule has 0 aliphatic carbocycles. The minimum absolute atomic E-state index is 0.00816. The Bertz CT molecular complexity index is 2950. The van der Waals surface area contributed by atoms with Gasteiger partial charge in [-0.1, -0.05) is 89.5 Å². The predicted octanol–water partition coefficient (Wildman–Crippen LogP) is 11.5. The molecule has 0 N–H and O–H groups in total. The highest BCUT2D eigenvalue weighted by atomic mass is 19.3. The smallest absolute Gasteiger partial charge is 0.292 e. The number of para-hydroxylation sites is 3. The van der Waals surface area contributed by atoms with E-state index in [-0.39, 0.29) is 45.2 Å². The van der Waals surface area contributed by atoms with Gasteiger partial charge < -0.3 is 0 Å². The second-order valence-corrected chi connectivity index (χ2v) is 15.2. The second kappa shape index (κ2) is 11.9. The van der Waals surface area contributed by atoms with Crippen molar-refractivity contribution < 1.29 is 18.4 Å². The Hall–Kier alpha value is -5.78. The highest BCUT2D eigenvalue weighted by Gasteiger charge is 2.41. The Kier molecular flexibility index (Phi) is 5.96. The minimum Gasteiger partial charge on any atom is -0.292 e. The number of alkyl halides is 2. The fraction of sp³-hybridized carbons (Fsp3) is 0.222. The number of benzene rings is 4. The van der Waals surface area contributed by atoms with Crippen LogP contribution in [0.1, 0.15) is 79.0 Å². The molecule has 1 aliphatic rings. The molecular formula is C45H41F2N5+2. The lowest BCUT2D eigenvalue weighted by atomic mass is 9.84. The Morgan fingerprint density at radius 1 is 0.692 bits per heavy atom. The largest absolute Gasteiger partial charge is 0.503 e. The molecule has 4 aromatic carbocycles. The monoisotopic (exact) mass is 696 g/mol. The third-order valence-corrected chi connectivity index (χ3v) is 9.54. The van der Waals surface area contributed by atoms with Gasteiger partial charge in [-0.05, 0) is 68.3 Å². The highest BCUT2D eigenvalue weighted by molar-refractivity contribution is 6.07. The molecule has 0 unspecified atom stereocenters. The number of pyridine rings is 2. The molecule has 8 rings (SSSR count). The van der Waals surface area contributed by atoms with E-state index in [2.05, 4.69) is 36.7 Å². The fourth-order valence-corrected chi connectivity index (χ4v) is 6.58. The molecule has 0 fully saturated rings. The minimum atomic E-state index is -3.61. The highest BCUT2D eigenvalue weighted by Crippen LogP contribution is 2.43. The summed E-state index contributed by atoms with van der Waals surface area (Å²) in [4.78, 5) is 9.32. The van der Waals surface area contributed by atoms with E-state index in [9.17, 15) is 0 Å². The first-order valence-corrected chi connectivity index (χ1v) is 17.1. The maximum Gasteiger partial charge on any atom is 0.503 e. The quantitative estimate of drug-likeness (QED) is 0.168. The Morgan fingerprint density at radius 2 is 1.37 bits per heavy atom. The van der Waals surface area contributed by atoms with Gasteiger partial charge in [0.1, 0.15) is 5.82 Å². The van der Waals surface area contributed by atoms with Crippen molar-refractivity contribution in [3.05, 3.63) is 149 Å². The summed E-state index contributed by atoms with van der Waals surface area (Å²) >= 11 is 0. The molecule has 0 saturated carbocycles. The van der Waals surface area contributed by atoms with Gasteiger partial charge in [0.15, 0.2) is 0 Å². The first-order chi connectivity index (χ1) is 27.6. The van der Waals surface area contributed by atoms with Gasteiger partial charge in [0.25, 0.3) is 17.3 Å². The molecule has 0 spiro atoms.